The van der Waals surface area contributed by atoms with E-state index in [0.717, 1.165) is 37.5 Å². The number of rotatable bonds is 5. The van der Waals surface area contributed by atoms with Crippen LogP contribution in [0, 0.1) is 5.41 Å². The molecule has 1 aliphatic carbocycles. The van der Waals surface area contributed by atoms with Gasteiger partial charge < -0.3 is 9.88 Å². The summed E-state index contributed by atoms with van der Waals surface area (Å²) in [5, 5.41) is 11.9. The van der Waals surface area contributed by atoms with Crippen molar-refractivity contribution in [2.24, 2.45) is 12.5 Å². The molecule has 1 saturated heterocycles. The molecule has 6 heteroatoms. The minimum absolute atomic E-state index is 0.522. The van der Waals surface area contributed by atoms with Crippen molar-refractivity contribution in [2.75, 3.05) is 13.1 Å². The van der Waals surface area contributed by atoms with Crippen LogP contribution < -0.4 is 5.32 Å². The van der Waals surface area contributed by atoms with Crippen LogP contribution in [-0.2, 0) is 20.1 Å². The van der Waals surface area contributed by atoms with Crippen molar-refractivity contribution in [3.63, 3.8) is 0 Å². The van der Waals surface area contributed by atoms with Gasteiger partial charge in [-0.3, -0.25) is 10.00 Å². The molecule has 3 heterocycles. The largest absolute Gasteiger partial charge is 0.337 e. The van der Waals surface area contributed by atoms with Crippen molar-refractivity contribution >= 4 is 10.9 Å². The highest BCUT2D eigenvalue weighted by Gasteiger charge is 2.56. The van der Waals surface area contributed by atoms with Gasteiger partial charge in [0.2, 0.25) is 0 Å². The van der Waals surface area contributed by atoms with Gasteiger partial charge in [0.1, 0.15) is 5.82 Å². The Morgan fingerprint density at radius 3 is 2.96 bits per heavy atom. The maximum absolute atomic E-state index is 4.58. The van der Waals surface area contributed by atoms with E-state index in [2.05, 4.69) is 55.2 Å². The smallest absolute Gasteiger partial charge is 0.122 e. The fraction of sp³-hybridized carbons (Fsp3) is 0.500. The number of aromatic nitrogens is 4. The van der Waals surface area contributed by atoms with Crippen LogP contribution in [-0.4, -0.2) is 43.8 Å². The fourth-order valence-electron chi connectivity index (χ4n) is 4.63. The summed E-state index contributed by atoms with van der Waals surface area (Å²) in [5.74, 6) is 1.14. The number of H-pyrrole nitrogens is 1. The zero-order chi connectivity index (χ0) is 17.6. The molecule has 1 unspecified atom stereocenters. The minimum atomic E-state index is 0.522. The first kappa shape index (κ1) is 16.0. The molecule has 1 aliphatic heterocycles. The third-order valence-electron chi connectivity index (χ3n) is 6.34. The lowest BCUT2D eigenvalue weighted by Gasteiger charge is -2.29. The number of hydrogen-bond donors (Lipinski definition) is 2. The standard InChI is InChI=1S/C20H26N6/c1-25-9-8-22-19(25)14-26(18-11-20(18)4-6-21-7-5-20)13-15-2-3-16-12-23-24-17(16)10-15/h2-3,8-10,12,18,21H,4-7,11,13-14H2,1H3,(H,23,24). The molecule has 2 aliphatic rings. The maximum Gasteiger partial charge on any atom is 0.122 e. The summed E-state index contributed by atoms with van der Waals surface area (Å²) < 4.78 is 2.14. The highest BCUT2D eigenvalue weighted by Crippen LogP contribution is 2.56. The normalized spacial score (nSPS) is 21.7. The van der Waals surface area contributed by atoms with E-state index in [0.29, 0.717) is 11.5 Å². The second-order valence-corrected chi connectivity index (χ2v) is 7.98. The Morgan fingerprint density at radius 2 is 2.15 bits per heavy atom. The fourth-order valence-corrected chi connectivity index (χ4v) is 4.63. The van der Waals surface area contributed by atoms with E-state index < -0.39 is 0 Å². The molecular formula is C20H26N6. The lowest BCUT2D eigenvalue weighted by molar-refractivity contribution is 0.183. The first-order valence-electron chi connectivity index (χ1n) is 9.57. The van der Waals surface area contributed by atoms with Crippen LogP contribution in [0.1, 0.15) is 30.7 Å². The lowest BCUT2D eigenvalue weighted by atomic mass is 9.93. The molecule has 1 atom stereocenters. The monoisotopic (exact) mass is 350 g/mol. The van der Waals surface area contributed by atoms with Gasteiger partial charge in [0.15, 0.2) is 0 Å². The third kappa shape index (κ3) is 2.83. The van der Waals surface area contributed by atoms with Gasteiger partial charge in [-0.05, 0) is 49.4 Å². The van der Waals surface area contributed by atoms with E-state index in [1.165, 1.54) is 30.2 Å². The van der Waals surface area contributed by atoms with Gasteiger partial charge in [0, 0.05) is 37.4 Å². The molecule has 136 valence electrons. The third-order valence-corrected chi connectivity index (χ3v) is 6.34. The second kappa shape index (κ2) is 6.21. The van der Waals surface area contributed by atoms with Crippen molar-refractivity contribution in [1.82, 2.24) is 30.0 Å². The van der Waals surface area contributed by atoms with E-state index in [9.17, 15) is 0 Å². The molecule has 2 N–H and O–H groups in total. The summed E-state index contributed by atoms with van der Waals surface area (Å²) >= 11 is 0. The summed E-state index contributed by atoms with van der Waals surface area (Å²) in [6, 6.07) is 7.31. The molecule has 2 fully saturated rings. The van der Waals surface area contributed by atoms with Crippen LogP contribution in [0.3, 0.4) is 0 Å². The zero-order valence-electron chi connectivity index (χ0n) is 15.3. The van der Waals surface area contributed by atoms with Crippen LogP contribution >= 0.6 is 0 Å². The number of fused-ring (bicyclic) bond motifs is 1. The Hall–Kier alpha value is -2.18. The molecule has 6 nitrogen and oxygen atoms in total. The topological polar surface area (TPSA) is 61.8 Å². The molecule has 0 amide bonds. The van der Waals surface area contributed by atoms with E-state index in [-0.39, 0.29) is 0 Å². The van der Waals surface area contributed by atoms with Gasteiger partial charge in [-0.1, -0.05) is 12.1 Å². The van der Waals surface area contributed by atoms with Crippen LogP contribution in [0.2, 0.25) is 0 Å². The van der Waals surface area contributed by atoms with Crippen molar-refractivity contribution in [2.45, 2.75) is 38.4 Å². The minimum Gasteiger partial charge on any atom is -0.337 e. The average molecular weight is 350 g/mol. The number of hydrogen-bond acceptors (Lipinski definition) is 4. The van der Waals surface area contributed by atoms with E-state index in [1.807, 2.05) is 18.6 Å². The SMILES string of the molecule is Cn1ccnc1CN(Cc1ccc2cn[nH]c2c1)C1CC12CCNCC2. The van der Waals surface area contributed by atoms with Crippen molar-refractivity contribution in [1.29, 1.82) is 0 Å². The van der Waals surface area contributed by atoms with Crippen LogP contribution in [0.4, 0.5) is 0 Å². The van der Waals surface area contributed by atoms with Crippen molar-refractivity contribution in [3.05, 3.63) is 48.2 Å². The van der Waals surface area contributed by atoms with Gasteiger partial charge in [0.25, 0.3) is 0 Å². The van der Waals surface area contributed by atoms with Gasteiger partial charge in [-0.25, -0.2) is 4.98 Å². The van der Waals surface area contributed by atoms with Gasteiger partial charge in [-0.15, -0.1) is 0 Å². The summed E-state index contributed by atoms with van der Waals surface area (Å²) in [5.41, 5.74) is 2.98. The number of nitrogens with one attached hydrogen (secondary N) is 2. The van der Waals surface area contributed by atoms with Crippen molar-refractivity contribution in [3.8, 4) is 0 Å². The lowest BCUT2D eigenvalue weighted by Crippen LogP contribution is -2.36. The molecule has 0 radical (unpaired) electrons. The van der Waals surface area contributed by atoms with Gasteiger partial charge >= 0.3 is 0 Å². The van der Waals surface area contributed by atoms with E-state index in [4.69, 9.17) is 0 Å². The average Bonchev–Trinajstić information content (AvgIpc) is 2.98. The summed E-state index contributed by atoms with van der Waals surface area (Å²) in [6.07, 6.45) is 9.75. The molecule has 26 heavy (non-hydrogen) atoms. The van der Waals surface area contributed by atoms with E-state index in [1.54, 1.807) is 0 Å². The summed E-state index contributed by atoms with van der Waals surface area (Å²) in [4.78, 5) is 7.22. The zero-order valence-corrected chi connectivity index (χ0v) is 15.3. The van der Waals surface area contributed by atoms with Gasteiger partial charge in [-0.2, -0.15) is 5.10 Å². The number of imidazole rings is 1. The molecule has 5 rings (SSSR count). The Balaban J connectivity index is 1.40. The first-order chi connectivity index (χ1) is 12.7. The molecule has 2 aromatic heterocycles. The molecule has 3 aromatic rings. The van der Waals surface area contributed by atoms with Crippen molar-refractivity contribution < 1.29 is 0 Å². The highest BCUT2D eigenvalue weighted by atomic mass is 15.2. The Morgan fingerprint density at radius 1 is 1.27 bits per heavy atom. The van der Waals surface area contributed by atoms with Crippen LogP contribution in [0.5, 0.6) is 0 Å². The predicted octanol–water partition coefficient (Wildman–Crippen LogP) is 2.44. The van der Waals surface area contributed by atoms with Crippen LogP contribution in [0.25, 0.3) is 10.9 Å². The maximum atomic E-state index is 4.58. The first-order valence-corrected chi connectivity index (χ1v) is 9.57. The molecule has 1 spiro atoms. The molecule has 0 bridgehead atoms. The Bertz CT molecular complexity index is 904. The number of benzene rings is 1. The number of nitrogens with zero attached hydrogens (tertiary/aromatic N) is 4. The van der Waals surface area contributed by atoms with E-state index >= 15 is 0 Å². The highest BCUT2D eigenvalue weighted by molar-refractivity contribution is 5.78. The Kier molecular flexibility index (Phi) is 3.83. The van der Waals surface area contributed by atoms with Crippen LogP contribution in [0.15, 0.2) is 36.8 Å². The molecular weight excluding hydrogens is 324 g/mol. The summed E-state index contributed by atoms with van der Waals surface area (Å²) in [6.45, 7) is 4.19. The van der Waals surface area contributed by atoms with Gasteiger partial charge in [0.05, 0.1) is 18.3 Å². The molecule has 1 saturated carbocycles. The summed E-state index contributed by atoms with van der Waals surface area (Å²) in [7, 11) is 2.09. The number of piperidine rings is 1. The second-order valence-electron chi connectivity index (χ2n) is 7.98. The number of aromatic amines is 1. The quantitative estimate of drug-likeness (QED) is 0.742. The predicted molar refractivity (Wildman–Crippen MR) is 101 cm³/mol. The Labute approximate surface area is 153 Å². The number of aryl methyl sites for hydroxylation is 1. The molecule has 1 aromatic carbocycles.